The van der Waals surface area contributed by atoms with E-state index in [1.165, 1.54) is 13.8 Å². The van der Waals surface area contributed by atoms with E-state index in [1.54, 1.807) is 30.5 Å². The molecule has 2 aromatic rings. The van der Waals surface area contributed by atoms with Crippen molar-refractivity contribution in [2.75, 3.05) is 0 Å². The first kappa shape index (κ1) is 30.2. The molecule has 1 aromatic carbocycles. The Kier molecular flexibility index (Phi) is 10.7. The SMILES string of the molecule is CC(O)C(NC(=O)C(Cc1c[nH]c2ccccc12)NC(=O)C(NC(=O)C(N)CCC(N)=O)C(C)O)C(=O)O. The molecule has 6 atom stereocenters. The monoisotopic (exact) mass is 534 g/mol. The fourth-order valence-corrected chi connectivity index (χ4v) is 3.73. The summed E-state index contributed by atoms with van der Waals surface area (Å²) in [7, 11) is 0. The number of aromatic amines is 1. The predicted molar refractivity (Wildman–Crippen MR) is 135 cm³/mol. The number of H-pyrrole nitrogens is 1. The number of nitrogens with two attached hydrogens (primary N) is 2. The van der Waals surface area contributed by atoms with Crippen LogP contribution in [0.3, 0.4) is 0 Å². The number of carboxylic acid groups (broad SMARTS) is 1. The average Bonchev–Trinajstić information content (AvgIpc) is 3.25. The van der Waals surface area contributed by atoms with Gasteiger partial charge < -0.3 is 47.7 Å². The molecule has 4 amide bonds. The van der Waals surface area contributed by atoms with E-state index in [0.29, 0.717) is 5.56 Å². The van der Waals surface area contributed by atoms with Crippen molar-refractivity contribution in [2.45, 2.75) is 69.5 Å². The number of carbonyl (C=O) groups excluding carboxylic acids is 4. The highest BCUT2D eigenvalue weighted by Gasteiger charge is 2.34. The number of fused-ring (bicyclic) bond motifs is 1. The minimum absolute atomic E-state index is 0.0865. The van der Waals surface area contributed by atoms with Gasteiger partial charge in [-0.25, -0.2) is 4.79 Å². The van der Waals surface area contributed by atoms with Crippen LogP contribution in [0.5, 0.6) is 0 Å². The topological polar surface area (TPSA) is 250 Å². The van der Waals surface area contributed by atoms with Crippen molar-refractivity contribution >= 4 is 40.5 Å². The Hall–Kier alpha value is -4.01. The molecule has 14 heteroatoms. The van der Waals surface area contributed by atoms with Crippen LogP contribution in [0.1, 0.15) is 32.3 Å². The van der Waals surface area contributed by atoms with Gasteiger partial charge in [0, 0.05) is 29.9 Å². The van der Waals surface area contributed by atoms with Crippen LogP contribution in [-0.2, 0) is 30.4 Å². The van der Waals surface area contributed by atoms with E-state index in [1.807, 2.05) is 0 Å². The first-order valence-electron chi connectivity index (χ1n) is 11.9. The van der Waals surface area contributed by atoms with Crippen LogP contribution in [-0.4, -0.2) is 86.3 Å². The number of aliphatic carboxylic acids is 1. The molecule has 0 aliphatic heterocycles. The van der Waals surface area contributed by atoms with Crippen LogP contribution >= 0.6 is 0 Å². The summed E-state index contributed by atoms with van der Waals surface area (Å²) in [5, 5.41) is 37.0. The van der Waals surface area contributed by atoms with Crippen LogP contribution in [0, 0.1) is 0 Å². The standard InChI is InChI=1S/C24H34N6O8/c1-11(31)19(29-21(34)15(25)7-8-18(26)33)23(36)28-17(22(35)30-20(12(2)32)24(37)38)9-13-10-27-16-6-4-3-5-14(13)16/h3-6,10-12,15,17,19-20,27,31-32H,7-9,25H2,1-2H3,(H2,26,33)(H,28,36)(H,29,34)(H,30,35)(H,37,38). The maximum Gasteiger partial charge on any atom is 0.328 e. The highest BCUT2D eigenvalue weighted by molar-refractivity contribution is 5.95. The van der Waals surface area contributed by atoms with Crippen LogP contribution in [0.4, 0.5) is 0 Å². The van der Waals surface area contributed by atoms with Crippen molar-refractivity contribution < 1.29 is 39.3 Å². The van der Waals surface area contributed by atoms with Gasteiger partial charge in [-0.2, -0.15) is 0 Å². The molecule has 14 nitrogen and oxygen atoms in total. The van der Waals surface area contributed by atoms with E-state index in [0.717, 1.165) is 10.9 Å². The van der Waals surface area contributed by atoms with Crippen molar-refractivity contribution in [1.82, 2.24) is 20.9 Å². The first-order chi connectivity index (χ1) is 17.8. The lowest BCUT2D eigenvalue weighted by Crippen LogP contribution is -2.60. The summed E-state index contributed by atoms with van der Waals surface area (Å²) in [4.78, 5) is 64.2. The molecule has 0 saturated heterocycles. The molecule has 1 heterocycles. The van der Waals surface area contributed by atoms with Gasteiger partial charge in [0.05, 0.1) is 18.2 Å². The number of benzene rings is 1. The van der Waals surface area contributed by atoms with Gasteiger partial charge in [-0.3, -0.25) is 19.2 Å². The summed E-state index contributed by atoms with van der Waals surface area (Å²) < 4.78 is 0. The van der Waals surface area contributed by atoms with Crippen LogP contribution in [0.15, 0.2) is 30.5 Å². The number of amides is 4. The summed E-state index contributed by atoms with van der Waals surface area (Å²) in [6, 6.07) is 1.45. The molecule has 0 aliphatic rings. The lowest BCUT2D eigenvalue weighted by atomic mass is 10.0. The predicted octanol–water partition coefficient (Wildman–Crippen LogP) is -2.40. The van der Waals surface area contributed by atoms with Crippen molar-refractivity contribution in [2.24, 2.45) is 11.5 Å². The highest BCUT2D eigenvalue weighted by atomic mass is 16.4. The van der Waals surface area contributed by atoms with Gasteiger partial charge in [-0.15, -0.1) is 0 Å². The van der Waals surface area contributed by atoms with Gasteiger partial charge >= 0.3 is 5.97 Å². The summed E-state index contributed by atoms with van der Waals surface area (Å²) in [6.45, 7) is 2.43. The summed E-state index contributed by atoms with van der Waals surface area (Å²) in [5.74, 6) is -4.83. The van der Waals surface area contributed by atoms with E-state index in [-0.39, 0.29) is 19.3 Å². The number of aromatic nitrogens is 1. The molecular weight excluding hydrogens is 500 g/mol. The number of aliphatic hydroxyl groups excluding tert-OH is 2. The molecule has 1 aromatic heterocycles. The molecule has 11 N–H and O–H groups in total. The Morgan fingerprint density at radius 3 is 2.11 bits per heavy atom. The number of nitrogens with one attached hydrogen (secondary N) is 4. The van der Waals surface area contributed by atoms with Crippen LogP contribution in [0.25, 0.3) is 10.9 Å². The van der Waals surface area contributed by atoms with E-state index >= 15 is 0 Å². The van der Waals surface area contributed by atoms with Crippen LogP contribution < -0.4 is 27.4 Å². The summed E-state index contributed by atoms with van der Waals surface area (Å²) in [6.07, 6.45) is -1.56. The number of hydrogen-bond acceptors (Lipinski definition) is 8. The van der Waals surface area contributed by atoms with Crippen molar-refractivity contribution in [1.29, 1.82) is 0 Å². The molecule has 0 fully saturated rings. The molecule has 6 unspecified atom stereocenters. The van der Waals surface area contributed by atoms with Gasteiger partial charge in [-0.1, -0.05) is 18.2 Å². The average molecular weight is 535 g/mol. The molecule has 0 spiro atoms. The fourth-order valence-electron chi connectivity index (χ4n) is 3.73. The van der Waals surface area contributed by atoms with Gasteiger partial charge in [-0.05, 0) is 31.9 Å². The second-order valence-electron chi connectivity index (χ2n) is 9.03. The van der Waals surface area contributed by atoms with Gasteiger partial charge in [0.25, 0.3) is 0 Å². The van der Waals surface area contributed by atoms with Gasteiger partial charge in [0.1, 0.15) is 12.1 Å². The maximum absolute atomic E-state index is 13.1. The highest BCUT2D eigenvalue weighted by Crippen LogP contribution is 2.19. The number of carbonyl (C=O) groups is 5. The third-order valence-electron chi connectivity index (χ3n) is 5.88. The zero-order valence-electron chi connectivity index (χ0n) is 21.0. The number of aliphatic hydroxyl groups is 2. The van der Waals surface area contributed by atoms with E-state index in [2.05, 4.69) is 20.9 Å². The third-order valence-corrected chi connectivity index (χ3v) is 5.88. The number of para-hydroxylation sites is 1. The van der Waals surface area contributed by atoms with E-state index in [4.69, 9.17) is 11.5 Å². The number of hydrogen-bond donors (Lipinski definition) is 9. The molecule has 2 rings (SSSR count). The van der Waals surface area contributed by atoms with Crippen LogP contribution in [0.2, 0.25) is 0 Å². The number of rotatable bonds is 14. The smallest absolute Gasteiger partial charge is 0.328 e. The molecule has 0 aliphatic carbocycles. The largest absolute Gasteiger partial charge is 0.480 e. The Bertz CT molecular complexity index is 1160. The Balaban J connectivity index is 2.28. The number of primary amides is 1. The molecular formula is C24H34N6O8. The third kappa shape index (κ3) is 8.26. The molecule has 208 valence electrons. The zero-order chi connectivity index (χ0) is 28.6. The second-order valence-corrected chi connectivity index (χ2v) is 9.03. The van der Waals surface area contributed by atoms with Gasteiger partial charge in [0.2, 0.25) is 23.6 Å². The molecule has 38 heavy (non-hydrogen) atoms. The minimum Gasteiger partial charge on any atom is -0.480 e. The van der Waals surface area contributed by atoms with Crippen molar-refractivity contribution in [3.05, 3.63) is 36.0 Å². The first-order valence-corrected chi connectivity index (χ1v) is 11.9. The summed E-state index contributed by atoms with van der Waals surface area (Å²) >= 11 is 0. The Morgan fingerprint density at radius 2 is 1.53 bits per heavy atom. The Labute approximate surface area is 218 Å². The molecule has 0 bridgehead atoms. The second kappa shape index (κ2) is 13.5. The lowest BCUT2D eigenvalue weighted by Gasteiger charge is -2.27. The lowest BCUT2D eigenvalue weighted by molar-refractivity contribution is -0.145. The zero-order valence-corrected chi connectivity index (χ0v) is 21.0. The van der Waals surface area contributed by atoms with Crippen molar-refractivity contribution in [3.63, 3.8) is 0 Å². The maximum atomic E-state index is 13.1. The Morgan fingerprint density at radius 1 is 0.921 bits per heavy atom. The number of carboxylic acids is 1. The fraction of sp³-hybridized carbons (Fsp3) is 0.458. The molecule has 0 saturated carbocycles. The normalized spacial score (nSPS) is 15.9. The minimum atomic E-state index is -1.65. The molecule has 0 radical (unpaired) electrons. The summed E-state index contributed by atoms with van der Waals surface area (Å²) in [5.41, 5.74) is 12.2. The van der Waals surface area contributed by atoms with Crippen molar-refractivity contribution in [3.8, 4) is 0 Å². The van der Waals surface area contributed by atoms with Gasteiger partial charge in [0.15, 0.2) is 6.04 Å². The van der Waals surface area contributed by atoms with E-state index < -0.39 is 66.0 Å². The quantitative estimate of drug-likeness (QED) is 0.125. The van der Waals surface area contributed by atoms with E-state index in [9.17, 15) is 39.3 Å².